The SMILES string of the molecule is CCc1ccccc1-n1cc(I)cc1C(=O)O. The third-order valence-electron chi connectivity index (χ3n) is 2.64. The fraction of sp³-hybridized carbons (Fsp3) is 0.154. The minimum absolute atomic E-state index is 0.301. The van der Waals surface area contributed by atoms with Crippen molar-refractivity contribution in [3.63, 3.8) is 0 Å². The molecule has 0 atom stereocenters. The average molecular weight is 341 g/mol. The molecule has 0 amide bonds. The molecule has 0 aliphatic heterocycles. The van der Waals surface area contributed by atoms with Gasteiger partial charge in [-0.3, -0.25) is 0 Å². The quantitative estimate of drug-likeness (QED) is 0.870. The van der Waals surface area contributed by atoms with Gasteiger partial charge in [-0.15, -0.1) is 0 Å². The van der Waals surface area contributed by atoms with Crippen molar-refractivity contribution in [2.45, 2.75) is 13.3 Å². The summed E-state index contributed by atoms with van der Waals surface area (Å²) in [5, 5.41) is 9.18. The lowest BCUT2D eigenvalue weighted by Crippen LogP contribution is -2.07. The highest BCUT2D eigenvalue weighted by molar-refractivity contribution is 14.1. The van der Waals surface area contributed by atoms with E-state index in [4.69, 9.17) is 0 Å². The van der Waals surface area contributed by atoms with Crippen molar-refractivity contribution in [2.24, 2.45) is 0 Å². The average Bonchev–Trinajstić information content (AvgIpc) is 2.71. The Hall–Kier alpha value is -1.30. The summed E-state index contributed by atoms with van der Waals surface area (Å²) in [4.78, 5) is 11.2. The summed E-state index contributed by atoms with van der Waals surface area (Å²) in [6.45, 7) is 2.06. The number of aromatic carboxylic acids is 1. The number of aromatic nitrogens is 1. The molecule has 1 heterocycles. The van der Waals surface area contributed by atoms with Gasteiger partial charge in [0.2, 0.25) is 0 Å². The maximum absolute atomic E-state index is 11.2. The zero-order valence-corrected chi connectivity index (χ0v) is 11.5. The van der Waals surface area contributed by atoms with Crippen molar-refractivity contribution in [1.82, 2.24) is 4.57 Å². The Morgan fingerprint density at radius 3 is 2.76 bits per heavy atom. The minimum atomic E-state index is -0.904. The molecule has 0 saturated carbocycles. The van der Waals surface area contributed by atoms with Gasteiger partial charge in [0.05, 0.1) is 0 Å². The lowest BCUT2D eigenvalue weighted by atomic mass is 10.1. The van der Waals surface area contributed by atoms with Crippen LogP contribution in [0.4, 0.5) is 0 Å². The van der Waals surface area contributed by atoms with Crippen LogP contribution in [-0.2, 0) is 6.42 Å². The molecule has 1 N–H and O–H groups in total. The second kappa shape index (κ2) is 4.91. The molecule has 3 nitrogen and oxygen atoms in total. The molecule has 1 aromatic carbocycles. The standard InChI is InChI=1S/C13H12INO2/c1-2-9-5-3-4-6-11(9)15-8-10(14)7-12(15)13(16)17/h3-8H,2H2,1H3,(H,16,17). The van der Waals surface area contributed by atoms with Gasteiger partial charge in [-0.25, -0.2) is 4.79 Å². The lowest BCUT2D eigenvalue weighted by Gasteiger charge is -2.10. The first-order valence-corrected chi connectivity index (χ1v) is 6.40. The Balaban J connectivity index is 2.63. The van der Waals surface area contributed by atoms with E-state index in [1.165, 1.54) is 0 Å². The summed E-state index contributed by atoms with van der Waals surface area (Å²) < 4.78 is 2.66. The van der Waals surface area contributed by atoms with Crippen molar-refractivity contribution in [1.29, 1.82) is 0 Å². The van der Waals surface area contributed by atoms with Gasteiger partial charge in [-0.2, -0.15) is 0 Å². The normalized spacial score (nSPS) is 10.5. The molecule has 0 unspecified atom stereocenters. The summed E-state index contributed by atoms with van der Waals surface area (Å²) in [7, 11) is 0. The zero-order chi connectivity index (χ0) is 12.4. The fourth-order valence-electron chi connectivity index (χ4n) is 1.84. The molecule has 0 saturated heterocycles. The monoisotopic (exact) mass is 341 g/mol. The van der Waals surface area contributed by atoms with Crippen LogP contribution < -0.4 is 0 Å². The van der Waals surface area contributed by atoms with E-state index >= 15 is 0 Å². The Labute approximate surface area is 113 Å². The molecule has 2 aromatic rings. The van der Waals surface area contributed by atoms with Crippen LogP contribution in [0.2, 0.25) is 0 Å². The highest BCUT2D eigenvalue weighted by Gasteiger charge is 2.14. The van der Waals surface area contributed by atoms with Crippen molar-refractivity contribution in [3.05, 3.63) is 51.4 Å². The second-order valence-corrected chi connectivity index (χ2v) is 4.95. The first kappa shape index (κ1) is 12.2. The molecule has 88 valence electrons. The van der Waals surface area contributed by atoms with Gasteiger partial charge >= 0.3 is 5.97 Å². The van der Waals surface area contributed by atoms with E-state index in [1.807, 2.05) is 30.5 Å². The molecular weight excluding hydrogens is 329 g/mol. The molecule has 2 rings (SSSR count). The molecule has 0 spiro atoms. The van der Waals surface area contributed by atoms with Crippen LogP contribution in [0, 0.1) is 3.57 Å². The Bertz CT molecular complexity index is 560. The largest absolute Gasteiger partial charge is 0.477 e. The van der Waals surface area contributed by atoms with E-state index in [1.54, 1.807) is 10.6 Å². The van der Waals surface area contributed by atoms with Crippen LogP contribution in [0.25, 0.3) is 5.69 Å². The van der Waals surface area contributed by atoms with Crippen molar-refractivity contribution >= 4 is 28.6 Å². The van der Waals surface area contributed by atoms with Gasteiger partial charge in [0.15, 0.2) is 0 Å². The number of carboxylic acids is 1. The van der Waals surface area contributed by atoms with E-state index in [0.717, 1.165) is 21.2 Å². The number of benzene rings is 1. The van der Waals surface area contributed by atoms with Crippen molar-refractivity contribution in [2.75, 3.05) is 0 Å². The van der Waals surface area contributed by atoms with Gasteiger partial charge in [0, 0.05) is 15.5 Å². The van der Waals surface area contributed by atoms with Crippen LogP contribution in [0.15, 0.2) is 36.5 Å². The summed E-state index contributed by atoms with van der Waals surface area (Å²) in [5.41, 5.74) is 2.38. The number of hydrogen-bond acceptors (Lipinski definition) is 1. The molecule has 17 heavy (non-hydrogen) atoms. The van der Waals surface area contributed by atoms with Crippen LogP contribution in [0.1, 0.15) is 23.0 Å². The Morgan fingerprint density at radius 2 is 2.12 bits per heavy atom. The molecular formula is C13H12INO2. The Kier molecular flexibility index (Phi) is 3.51. The number of nitrogens with zero attached hydrogens (tertiary/aromatic N) is 1. The van der Waals surface area contributed by atoms with Gasteiger partial charge in [-0.1, -0.05) is 25.1 Å². The van der Waals surface area contributed by atoms with Crippen LogP contribution in [0.5, 0.6) is 0 Å². The topological polar surface area (TPSA) is 42.2 Å². The van der Waals surface area contributed by atoms with E-state index in [0.29, 0.717) is 5.69 Å². The number of carboxylic acid groups (broad SMARTS) is 1. The lowest BCUT2D eigenvalue weighted by molar-refractivity contribution is 0.0688. The van der Waals surface area contributed by atoms with E-state index in [-0.39, 0.29) is 0 Å². The fourth-order valence-corrected chi connectivity index (χ4v) is 2.41. The maximum Gasteiger partial charge on any atom is 0.352 e. The number of halogens is 1. The second-order valence-electron chi connectivity index (χ2n) is 3.70. The maximum atomic E-state index is 11.2. The third-order valence-corrected chi connectivity index (χ3v) is 3.23. The van der Waals surface area contributed by atoms with Crippen LogP contribution in [0.3, 0.4) is 0 Å². The molecule has 4 heteroatoms. The molecule has 0 fully saturated rings. The van der Waals surface area contributed by atoms with Crippen LogP contribution >= 0.6 is 22.6 Å². The predicted octanol–water partition coefficient (Wildman–Crippen LogP) is 3.34. The molecule has 0 aliphatic rings. The summed E-state index contributed by atoms with van der Waals surface area (Å²) in [6, 6.07) is 9.54. The van der Waals surface area contributed by atoms with Crippen molar-refractivity contribution in [3.8, 4) is 5.69 Å². The van der Waals surface area contributed by atoms with Gasteiger partial charge in [0.25, 0.3) is 0 Å². The Morgan fingerprint density at radius 1 is 1.41 bits per heavy atom. The molecule has 0 radical (unpaired) electrons. The summed E-state index contributed by atoms with van der Waals surface area (Å²) in [6.07, 6.45) is 2.72. The van der Waals surface area contributed by atoms with E-state index in [2.05, 4.69) is 29.5 Å². The highest BCUT2D eigenvalue weighted by Crippen LogP contribution is 2.21. The van der Waals surface area contributed by atoms with Gasteiger partial charge in [-0.05, 0) is 46.7 Å². The smallest absolute Gasteiger partial charge is 0.352 e. The summed E-state index contributed by atoms with van der Waals surface area (Å²) in [5.74, 6) is -0.904. The van der Waals surface area contributed by atoms with Gasteiger partial charge < -0.3 is 9.67 Å². The first-order chi connectivity index (χ1) is 8.13. The number of carbonyl (C=O) groups is 1. The minimum Gasteiger partial charge on any atom is -0.477 e. The van der Waals surface area contributed by atoms with E-state index < -0.39 is 5.97 Å². The molecule has 0 bridgehead atoms. The predicted molar refractivity (Wildman–Crippen MR) is 74.8 cm³/mol. The van der Waals surface area contributed by atoms with E-state index in [9.17, 15) is 9.90 Å². The number of rotatable bonds is 3. The zero-order valence-electron chi connectivity index (χ0n) is 9.35. The van der Waals surface area contributed by atoms with Crippen LogP contribution in [-0.4, -0.2) is 15.6 Å². The molecule has 0 aliphatic carbocycles. The number of para-hydroxylation sites is 1. The van der Waals surface area contributed by atoms with Gasteiger partial charge in [0.1, 0.15) is 5.69 Å². The van der Waals surface area contributed by atoms with Crippen molar-refractivity contribution < 1.29 is 9.90 Å². The molecule has 1 aromatic heterocycles. The summed E-state index contributed by atoms with van der Waals surface area (Å²) >= 11 is 2.13. The first-order valence-electron chi connectivity index (χ1n) is 5.33. The number of hydrogen-bond donors (Lipinski definition) is 1. The number of aryl methyl sites for hydroxylation is 1. The third kappa shape index (κ3) is 2.36. The highest BCUT2D eigenvalue weighted by atomic mass is 127.